The summed E-state index contributed by atoms with van der Waals surface area (Å²) in [6.45, 7) is 7.97. The van der Waals surface area contributed by atoms with Crippen molar-refractivity contribution in [2.75, 3.05) is 69.7 Å². The van der Waals surface area contributed by atoms with E-state index in [1.807, 2.05) is 6.20 Å². The molecule has 0 aromatic carbocycles. The Bertz CT molecular complexity index is 1040. The lowest BCUT2D eigenvalue weighted by molar-refractivity contribution is 0.0388. The Morgan fingerprint density at radius 3 is 2.62 bits per heavy atom. The molecule has 170 valence electrons. The number of β-amino-alcohol motifs (C(OH)–C–C–N with tert-alkyl or cyclic N) is 1. The van der Waals surface area contributed by atoms with Crippen molar-refractivity contribution in [3.63, 3.8) is 0 Å². The molecule has 2 aliphatic rings. The minimum Gasteiger partial charge on any atom is -0.395 e. The number of piperazine rings is 1. The minimum atomic E-state index is -0.133. The number of aromatic nitrogens is 4. The van der Waals surface area contributed by atoms with Crippen molar-refractivity contribution in [2.45, 2.75) is 12.6 Å². The number of nitrogen functional groups attached to an aromatic ring is 1. The summed E-state index contributed by atoms with van der Waals surface area (Å²) in [5, 5.41) is 9.11. The van der Waals surface area contributed by atoms with Crippen LogP contribution < -0.4 is 10.6 Å². The number of nitrogens with two attached hydrogens (primary N) is 1. The largest absolute Gasteiger partial charge is 0.395 e. The number of ether oxygens (including phenoxy) is 1. The lowest BCUT2D eigenvalue weighted by Gasteiger charge is -2.34. The van der Waals surface area contributed by atoms with Crippen molar-refractivity contribution in [3.05, 3.63) is 35.1 Å². The van der Waals surface area contributed by atoms with Crippen LogP contribution in [-0.2, 0) is 11.3 Å². The van der Waals surface area contributed by atoms with Gasteiger partial charge in [-0.05, 0) is 6.07 Å². The van der Waals surface area contributed by atoms with Gasteiger partial charge in [-0.25, -0.2) is 19.9 Å². The number of rotatable bonds is 6. The standard InChI is InChI=1S/C21H28N8O2S/c22-20-23-10-15(11-24-20)18-14-29(6-8-31-18)21-25-12-19-17(26-21)9-16(32-19)13-28-3-1-27(2-4-28)5-7-30/h9-12,18,30H,1-8,13-14H2,(H2,22,23,24). The molecule has 3 aromatic rings. The number of morpholine rings is 1. The summed E-state index contributed by atoms with van der Waals surface area (Å²) in [7, 11) is 0. The predicted molar refractivity (Wildman–Crippen MR) is 124 cm³/mol. The summed E-state index contributed by atoms with van der Waals surface area (Å²) < 4.78 is 7.03. The van der Waals surface area contributed by atoms with Crippen LogP contribution in [0.1, 0.15) is 16.5 Å². The second kappa shape index (κ2) is 9.59. The first-order valence-corrected chi connectivity index (χ1v) is 11.7. The second-order valence-electron chi connectivity index (χ2n) is 8.15. The highest BCUT2D eigenvalue weighted by molar-refractivity contribution is 7.18. The molecule has 2 aliphatic heterocycles. The molecule has 1 unspecified atom stereocenters. The molecule has 2 fully saturated rings. The summed E-state index contributed by atoms with van der Waals surface area (Å²) in [5.74, 6) is 0.986. The number of fused-ring (bicyclic) bond motifs is 1. The Hall–Kier alpha value is -2.44. The number of thiophene rings is 1. The van der Waals surface area contributed by atoms with E-state index in [2.05, 4.69) is 35.7 Å². The van der Waals surface area contributed by atoms with Crippen LogP contribution in [0, 0.1) is 0 Å². The maximum absolute atomic E-state index is 9.11. The van der Waals surface area contributed by atoms with Crippen LogP contribution in [0.5, 0.6) is 0 Å². The van der Waals surface area contributed by atoms with Gasteiger partial charge in [0.2, 0.25) is 11.9 Å². The van der Waals surface area contributed by atoms with E-state index in [4.69, 9.17) is 20.6 Å². The first kappa shape index (κ1) is 21.4. The zero-order valence-electron chi connectivity index (χ0n) is 17.9. The summed E-state index contributed by atoms with van der Waals surface area (Å²) in [4.78, 5) is 25.9. The molecule has 11 heteroatoms. The van der Waals surface area contributed by atoms with Crippen molar-refractivity contribution in [2.24, 2.45) is 0 Å². The average Bonchev–Trinajstić information content (AvgIpc) is 3.22. The molecule has 0 radical (unpaired) electrons. The van der Waals surface area contributed by atoms with Crippen LogP contribution >= 0.6 is 11.3 Å². The van der Waals surface area contributed by atoms with E-state index in [9.17, 15) is 0 Å². The topological polar surface area (TPSA) is 117 Å². The molecule has 10 nitrogen and oxygen atoms in total. The molecule has 32 heavy (non-hydrogen) atoms. The molecule has 0 amide bonds. The molecule has 0 aliphatic carbocycles. The first-order valence-electron chi connectivity index (χ1n) is 10.9. The van der Waals surface area contributed by atoms with Gasteiger partial charge in [-0.1, -0.05) is 0 Å². The quantitative estimate of drug-likeness (QED) is 0.550. The fraction of sp³-hybridized carbons (Fsp3) is 0.524. The molecule has 0 spiro atoms. The molecule has 3 aromatic heterocycles. The molecule has 5 rings (SSSR count). The van der Waals surface area contributed by atoms with Gasteiger partial charge in [0.05, 0.1) is 36.2 Å². The van der Waals surface area contributed by atoms with Crippen LogP contribution in [0.15, 0.2) is 24.7 Å². The van der Waals surface area contributed by atoms with E-state index in [1.165, 1.54) is 4.88 Å². The maximum Gasteiger partial charge on any atom is 0.226 e. The first-order chi connectivity index (χ1) is 15.7. The molecule has 3 N–H and O–H groups in total. The Kier molecular flexibility index (Phi) is 6.42. The molecule has 2 saturated heterocycles. The van der Waals surface area contributed by atoms with E-state index in [1.54, 1.807) is 23.7 Å². The summed E-state index contributed by atoms with van der Waals surface area (Å²) in [6, 6.07) is 2.19. The molecular formula is C21H28N8O2S. The third kappa shape index (κ3) is 4.81. The molecule has 0 saturated carbocycles. The van der Waals surface area contributed by atoms with Gasteiger partial charge in [0.15, 0.2) is 0 Å². The van der Waals surface area contributed by atoms with Crippen LogP contribution in [-0.4, -0.2) is 93.9 Å². The van der Waals surface area contributed by atoms with Gasteiger partial charge in [-0.15, -0.1) is 11.3 Å². The van der Waals surface area contributed by atoms with Crippen molar-refractivity contribution in [1.29, 1.82) is 0 Å². The molecule has 1 atom stereocenters. The number of aliphatic hydroxyl groups excluding tert-OH is 1. The van der Waals surface area contributed by atoms with E-state index in [0.717, 1.165) is 67.5 Å². The monoisotopic (exact) mass is 456 g/mol. The highest BCUT2D eigenvalue weighted by Gasteiger charge is 2.25. The minimum absolute atomic E-state index is 0.133. The fourth-order valence-corrected chi connectivity index (χ4v) is 5.20. The SMILES string of the molecule is Nc1ncc(C2CN(c3ncc4sc(CN5CCN(CCO)CC5)cc4n3)CCO2)cn1. The van der Waals surface area contributed by atoms with Gasteiger partial charge in [0, 0.05) is 68.6 Å². The summed E-state index contributed by atoms with van der Waals surface area (Å²) in [5.41, 5.74) is 7.50. The number of nitrogens with zero attached hydrogens (tertiary/aromatic N) is 7. The van der Waals surface area contributed by atoms with Crippen molar-refractivity contribution in [3.8, 4) is 0 Å². The number of hydrogen-bond donors (Lipinski definition) is 2. The van der Waals surface area contributed by atoms with Crippen LogP contribution in [0.25, 0.3) is 10.2 Å². The van der Waals surface area contributed by atoms with Crippen LogP contribution in [0.4, 0.5) is 11.9 Å². The van der Waals surface area contributed by atoms with E-state index >= 15 is 0 Å². The predicted octanol–water partition coefficient (Wildman–Crippen LogP) is 0.751. The summed E-state index contributed by atoms with van der Waals surface area (Å²) >= 11 is 1.76. The number of hydrogen-bond acceptors (Lipinski definition) is 11. The maximum atomic E-state index is 9.11. The van der Waals surface area contributed by atoms with Gasteiger partial charge in [0.25, 0.3) is 0 Å². The lowest BCUT2D eigenvalue weighted by atomic mass is 10.1. The summed E-state index contributed by atoms with van der Waals surface area (Å²) in [6.07, 6.45) is 5.23. The Morgan fingerprint density at radius 1 is 1.06 bits per heavy atom. The van der Waals surface area contributed by atoms with Crippen molar-refractivity contribution in [1.82, 2.24) is 29.7 Å². The van der Waals surface area contributed by atoms with E-state index in [-0.39, 0.29) is 18.7 Å². The normalized spacial score (nSPS) is 20.8. The third-order valence-corrected chi connectivity index (χ3v) is 7.03. The molecule has 5 heterocycles. The zero-order valence-corrected chi connectivity index (χ0v) is 18.7. The highest BCUT2D eigenvalue weighted by Crippen LogP contribution is 2.28. The van der Waals surface area contributed by atoms with E-state index < -0.39 is 0 Å². The number of anilines is 2. The van der Waals surface area contributed by atoms with Gasteiger partial charge >= 0.3 is 0 Å². The second-order valence-corrected chi connectivity index (χ2v) is 9.32. The molecule has 0 bridgehead atoms. The Labute approximate surface area is 190 Å². The van der Waals surface area contributed by atoms with Gasteiger partial charge in [0.1, 0.15) is 6.10 Å². The van der Waals surface area contributed by atoms with Gasteiger partial charge in [-0.3, -0.25) is 9.80 Å². The third-order valence-electron chi connectivity index (χ3n) is 5.98. The Morgan fingerprint density at radius 2 is 1.84 bits per heavy atom. The smallest absolute Gasteiger partial charge is 0.226 e. The van der Waals surface area contributed by atoms with E-state index in [0.29, 0.717) is 13.2 Å². The highest BCUT2D eigenvalue weighted by atomic mass is 32.1. The lowest BCUT2D eigenvalue weighted by Crippen LogP contribution is -2.46. The number of aliphatic hydroxyl groups is 1. The van der Waals surface area contributed by atoms with Gasteiger partial charge < -0.3 is 20.5 Å². The van der Waals surface area contributed by atoms with Crippen molar-refractivity contribution >= 4 is 33.5 Å². The average molecular weight is 457 g/mol. The Balaban J connectivity index is 1.25. The fourth-order valence-electron chi connectivity index (χ4n) is 4.19. The van der Waals surface area contributed by atoms with Crippen LogP contribution in [0.2, 0.25) is 0 Å². The van der Waals surface area contributed by atoms with Crippen LogP contribution in [0.3, 0.4) is 0 Å². The van der Waals surface area contributed by atoms with Gasteiger partial charge in [-0.2, -0.15) is 0 Å². The molecular weight excluding hydrogens is 428 g/mol. The van der Waals surface area contributed by atoms with Crippen molar-refractivity contribution < 1.29 is 9.84 Å². The zero-order chi connectivity index (χ0) is 21.9.